The zero-order valence-electron chi connectivity index (χ0n) is 8.75. The van der Waals surface area contributed by atoms with Gasteiger partial charge in [-0.25, -0.2) is 0 Å². The average molecular weight is 197 g/mol. The van der Waals surface area contributed by atoms with Gasteiger partial charge in [0.25, 0.3) is 0 Å². The van der Waals surface area contributed by atoms with Crippen LogP contribution in [-0.4, -0.2) is 42.5 Å². The lowest BCUT2D eigenvalue weighted by Crippen LogP contribution is -2.67. The van der Waals surface area contributed by atoms with Crippen molar-refractivity contribution < 1.29 is 4.79 Å². The van der Waals surface area contributed by atoms with Gasteiger partial charge in [-0.15, -0.1) is 0 Å². The largest absolute Gasteiger partial charge is 0.368 e. The summed E-state index contributed by atoms with van der Waals surface area (Å²) < 4.78 is 0. The summed E-state index contributed by atoms with van der Waals surface area (Å²) in [7, 11) is 0. The first kappa shape index (κ1) is 9.93. The minimum atomic E-state index is -0.304. The fourth-order valence-corrected chi connectivity index (χ4v) is 2.80. The fourth-order valence-electron chi connectivity index (χ4n) is 2.80. The van der Waals surface area contributed by atoms with Crippen LogP contribution in [0.2, 0.25) is 0 Å². The zero-order valence-corrected chi connectivity index (χ0v) is 8.75. The summed E-state index contributed by atoms with van der Waals surface area (Å²) in [5.41, 5.74) is 5.22. The molecule has 4 heteroatoms. The van der Waals surface area contributed by atoms with Gasteiger partial charge in [-0.2, -0.15) is 0 Å². The standard InChI is InChI=1S/C10H19N3O/c1-8-6-10(7-8,9(11)14)13-4-2-12-3-5-13/h8,12H,2-7H2,1H3,(H2,11,14). The summed E-state index contributed by atoms with van der Waals surface area (Å²) in [6, 6.07) is 0. The molecule has 2 rings (SSSR count). The first-order valence-electron chi connectivity index (χ1n) is 5.41. The predicted octanol–water partition coefficient (Wildman–Crippen LogP) is -0.454. The molecule has 1 heterocycles. The molecule has 1 amide bonds. The van der Waals surface area contributed by atoms with Crippen LogP contribution in [0.4, 0.5) is 0 Å². The number of rotatable bonds is 2. The lowest BCUT2D eigenvalue weighted by molar-refractivity contribution is -0.141. The van der Waals surface area contributed by atoms with Gasteiger partial charge in [0.2, 0.25) is 5.91 Å². The smallest absolute Gasteiger partial charge is 0.237 e. The van der Waals surface area contributed by atoms with Crippen molar-refractivity contribution in [3.63, 3.8) is 0 Å². The second kappa shape index (κ2) is 3.51. The Morgan fingerprint density at radius 2 is 2.00 bits per heavy atom. The fraction of sp³-hybridized carbons (Fsp3) is 0.900. The molecule has 0 aromatic rings. The molecular formula is C10H19N3O. The molecule has 0 atom stereocenters. The van der Waals surface area contributed by atoms with Gasteiger partial charge in [-0.3, -0.25) is 9.69 Å². The van der Waals surface area contributed by atoms with Crippen molar-refractivity contribution in [3.05, 3.63) is 0 Å². The number of nitrogens with one attached hydrogen (secondary N) is 1. The lowest BCUT2D eigenvalue weighted by atomic mass is 9.67. The van der Waals surface area contributed by atoms with E-state index in [1.807, 2.05) is 0 Å². The maximum atomic E-state index is 11.5. The molecule has 0 unspecified atom stereocenters. The molecule has 1 saturated heterocycles. The van der Waals surface area contributed by atoms with Crippen LogP contribution in [0.1, 0.15) is 19.8 Å². The molecule has 1 aliphatic heterocycles. The van der Waals surface area contributed by atoms with Gasteiger partial charge >= 0.3 is 0 Å². The molecule has 1 saturated carbocycles. The second-order valence-electron chi connectivity index (χ2n) is 4.65. The van der Waals surface area contributed by atoms with Gasteiger partial charge < -0.3 is 11.1 Å². The van der Waals surface area contributed by atoms with Crippen LogP contribution in [0.15, 0.2) is 0 Å². The SMILES string of the molecule is CC1CC(C(N)=O)(N2CCNCC2)C1. The number of amides is 1. The second-order valence-corrected chi connectivity index (χ2v) is 4.65. The summed E-state index contributed by atoms with van der Waals surface area (Å²) in [4.78, 5) is 13.8. The van der Waals surface area contributed by atoms with E-state index >= 15 is 0 Å². The number of nitrogens with zero attached hydrogens (tertiary/aromatic N) is 1. The van der Waals surface area contributed by atoms with Crippen molar-refractivity contribution in [3.8, 4) is 0 Å². The van der Waals surface area contributed by atoms with Gasteiger partial charge in [0, 0.05) is 26.2 Å². The van der Waals surface area contributed by atoms with Crippen molar-refractivity contribution in [2.75, 3.05) is 26.2 Å². The number of primary amides is 1. The number of carbonyl (C=O) groups is 1. The molecule has 2 fully saturated rings. The molecule has 0 spiro atoms. The van der Waals surface area contributed by atoms with Crippen molar-refractivity contribution >= 4 is 5.91 Å². The first-order chi connectivity index (χ1) is 6.65. The van der Waals surface area contributed by atoms with Crippen molar-refractivity contribution in [2.24, 2.45) is 11.7 Å². The molecule has 80 valence electrons. The maximum absolute atomic E-state index is 11.5. The Bertz CT molecular complexity index is 230. The van der Waals surface area contributed by atoms with E-state index in [-0.39, 0.29) is 11.4 Å². The quantitative estimate of drug-likeness (QED) is 0.630. The van der Waals surface area contributed by atoms with E-state index in [4.69, 9.17) is 5.73 Å². The van der Waals surface area contributed by atoms with Crippen LogP contribution in [0, 0.1) is 5.92 Å². The van der Waals surface area contributed by atoms with Gasteiger partial charge in [0.1, 0.15) is 5.54 Å². The number of carbonyl (C=O) groups excluding carboxylic acids is 1. The van der Waals surface area contributed by atoms with Crippen LogP contribution in [0.25, 0.3) is 0 Å². The number of nitrogens with two attached hydrogens (primary N) is 1. The van der Waals surface area contributed by atoms with Crippen molar-refractivity contribution in [2.45, 2.75) is 25.3 Å². The van der Waals surface area contributed by atoms with E-state index in [0.29, 0.717) is 5.92 Å². The third kappa shape index (κ3) is 1.42. The van der Waals surface area contributed by atoms with Crippen LogP contribution >= 0.6 is 0 Å². The lowest BCUT2D eigenvalue weighted by Gasteiger charge is -2.52. The summed E-state index contributed by atoms with van der Waals surface area (Å²) in [5, 5.41) is 3.29. The number of hydrogen-bond acceptors (Lipinski definition) is 3. The minimum absolute atomic E-state index is 0.127. The summed E-state index contributed by atoms with van der Waals surface area (Å²) in [6.45, 7) is 6.04. The Hall–Kier alpha value is -0.610. The summed E-state index contributed by atoms with van der Waals surface area (Å²) in [6.07, 6.45) is 1.89. The highest BCUT2D eigenvalue weighted by molar-refractivity contribution is 5.85. The van der Waals surface area contributed by atoms with Crippen LogP contribution in [-0.2, 0) is 4.79 Å². The van der Waals surface area contributed by atoms with Crippen LogP contribution < -0.4 is 11.1 Å². The van der Waals surface area contributed by atoms with Gasteiger partial charge in [0.15, 0.2) is 0 Å². The molecule has 2 aliphatic rings. The predicted molar refractivity (Wildman–Crippen MR) is 54.8 cm³/mol. The normalized spacial score (nSPS) is 39.1. The van der Waals surface area contributed by atoms with Gasteiger partial charge in [-0.05, 0) is 18.8 Å². The topological polar surface area (TPSA) is 58.4 Å². The summed E-state index contributed by atoms with van der Waals surface area (Å²) in [5.74, 6) is 0.523. The van der Waals surface area contributed by atoms with E-state index < -0.39 is 0 Å². The molecule has 4 nitrogen and oxygen atoms in total. The molecule has 3 N–H and O–H groups in total. The highest BCUT2D eigenvalue weighted by atomic mass is 16.1. The van der Waals surface area contributed by atoms with E-state index in [0.717, 1.165) is 39.0 Å². The number of hydrogen-bond donors (Lipinski definition) is 2. The average Bonchev–Trinajstić information content (AvgIpc) is 2.13. The van der Waals surface area contributed by atoms with Crippen molar-refractivity contribution in [1.82, 2.24) is 10.2 Å². The van der Waals surface area contributed by atoms with Crippen molar-refractivity contribution in [1.29, 1.82) is 0 Å². The Balaban J connectivity index is 2.07. The molecule has 0 aromatic heterocycles. The molecular weight excluding hydrogens is 178 g/mol. The molecule has 0 bridgehead atoms. The summed E-state index contributed by atoms with van der Waals surface area (Å²) >= 11 is 0. The molecule has 0 radical (unpaired) electrons. The molecule has 0 aromatic carbocycles. The molecule has 14 heavy (non-hydrogen) atoms. The highest BCUT2D eigenvalue weighted by Gasteiger charge is 2.51. The van der Waals surface area contributed by atoms with E-state index in [2.05, 4.69) is 17.1 Å². The van der Waals surface area contributed by atoms with E-state index in [1.165, 1.54) is 0 Å². The Labute approximate surface area is 84.8 Å². The Kier molecular flexibility index (Phi) is 2.49. The zero-order chi connectivity index (χ0) is 10.2. The van der Waals surface area contributed by atoms with Gasteiger partial charge in [0.05, 0.1) is 0 Å². The monoisotopic (exact) mass is 197 g/mol. The van der Waals surface area contributed by atoms with E-state index in [1.54, 1.807) is 0 Å². The number of piperazine rings is 1. The Morgan fingerprint density at radius 1 is 1.43 bits per heavy atom. The van der Waals surface area contributed by atoms with Crippen LogP contribution in [0.3, 0.4) is 0 Å². The highest BCUT2D eigenvalue weighted by Crippen LogP contribution is 2.42. The molecule has 1 aliphatic carbocycles. The van der Waals surface area contributed by atoms with Gasteiger partial charge in [-0.1, -0.05) is 6.92 Å². The first-order valence-corrected chi connectivity index (χ1v) is 5.41. The maximum Gasteiger partial charge on any atom is 0.237 e. The third-order valence-electron chi connectivity index (χ3n) is 3.55. The van der Waals surface area contributed by atoms with Crippen LogP contribution in [0.5, 0.6) is 0 Å². The third-order valence-corrected chi connectivity index (χ3v) is 3.55. The Morgan fingerprint density at radius 3 is 2.43 bits per heavy atom. The van der Waals surface area contributed by atoms with E-state index in [9.17, 15) is 4.79 Å². The minimum Gasteiger partial charge on any atom is -0.368 e.